The zero-order valence-corrected chi connectivity index (χ0v) is 15.2. The van der Waals surface area contributed by atoms with E-state index in [1.54, 1.807) is 7.11 Å². The summed E-state index contributed by atoms with van der Waals surface area (Å²) in [5, 5.41) is 10.3. The normalized spacial score (nSPS) is 19.2. The van der Waals surface area contributed by atoms with E-state index in [-0.39, 0.29) is 11.8 Å². The van der Waals surface area contributed by atoms with Crippen LogP contribution in [-0.2, 0) is 19.4 Å². The molecule has 0 aliphatic carbocycles. The monoisotopic (exact) mass is 356 g/mol. The molecule has 7 heteroatoms. The number of nitrogens with one attached hydrogen (secondary N) is 2. The first-order valence-corrected chi connectivity index (χ1v) is 8.97. The van der Waals surface area contributed by atoms with Crippen LogP contribution in [0, 0.1) is 5.92 Å². The maximum atomic E-state index is 12.6. The van der Waals surface area contributed by atoms with Crippen LogP contribution in [-0.4, -0.2) is 54.9 Å². The first-order valence-electron chi connectivity index (χ1n) is 8.97. The number of aromatic nitrogens is 2. The number of rotatable bonds is 4. The van der Waals surface area contributed by atoms with Crippen LogP contribution in [0.1, 0.15) is 27.3 Å². The Bertz CT molecular complexity index is 817. The minimum Gasteiger partial charge on any atom is -0.493 e. The number of aromatic amines is 1. The van der Waals surface area contributed by atoms with Gasteiger partial charge in [-0.05, 0) is 25.1 Å². The lowest BCUT2D eigenvalue weighted by Gasteiger charge is -2.26. The van der Waals surface area contributed by atoms with Gasteiger partial charge < -0.3 is 19.7 Å². The Morgan fingerprint density at radius 3 is 3.23 bits per heavy atom. The molecule has 7 nitrogen and oxygen atoms in total. The van der Waals surface area contributed by atoms with Crippen LogP contribution in [0.4, 0.5) is 0 Å². The highest BCUT2D eigenvalue weighted by atomic mass is 16.5. The van der Waals surface area contributed by atoms with Gasteiger partial charge in [-0.1, -0.05) is 12.1 Å². The van der Waals surface area contributed by atoms with Crippen LogP contribution in [0.5, 0.6) is 11.5 Å². The zero-order chi connectivity index (χ0) is 18.1. The van der Waals surface area contributed by atoms with Crippen LogP contribution in [0.3, 0.4) is 0 Å². The van der Waals surface area contributed by atoms with Crippen molar-refractivity contribution in [3.8, 4) is 11.5 Å². The van der Waals surface area contributed by atoms with E-state index in [4.69, 9.17) is 9.47 Å². The fourth-order valence-electron chi connectivity index (χ4n) is 3.69. The third-order valence-corrected chi connectivity index (χ3v) is 5.14. The molecule has 2 aromatic rings. The Labute approximate surface area is 152 Å². The van der Waals surface area contributed by atoms with Crippen molar-refractivity contribution in [2.45, 2.75) is 19.4 Å². The molecule has 0 saturated heterocycles. The lowest BCUT2D eigenvalue weighted by atomic mass is 9.96. The molecule has 26 heavy (non-hydrogen) atoms. The molecule has 4 rings (SSSR count). The summed E-state index contributed by atoms with van der Waals surface area (Å²) in [5.41, 5.74) is 3.74. The Hall–Kier alpha value is -2.54. The summed E-state index contributed by atoms with van der Waals surface area (Å²) < 4.78 is 11.2. The van der Waals surface area contributed by atoms with E-state index in [1.165, 1.54) is 0 Å². The van der Waals surface area contributed by atoms with Gasteiger partial charge in [0.1, 0.15) is 0 Å². The van der Waals surface area contributed by atoms with E-state index in [0.29, 0.717) is 18.8 Å². The third-order valence-electron chi connectivity index (χ3n) is 5.14. The van der Waals surface area contributed by atoms with Gasteiger partial charge in [-0.15, -0.1) is 0 Å². The SMILES string of the molecule is COc1cccc2c1OC[C@H](CNC(=O)c1n[nH]c3c1CN(C)CC3)C2. The number of benzene rings is 1. The van der Waals surface area contributed by atoms with Crippen molar-refractivity contribution in [1.29, 1.82) is 0 Å². The van der Waals surface area contributed by atoms with Gasteiger partial charge in [0.2, 0.25) is 0 Å². The predicted octanol–water partition coefficient (Wildman–Crippen LogP) is 1.39. The largest absolute Gasteiger partial charge is 0.493 e. The lowest BCUT2D eigenvalue weighted by molar-refractivity contribution is 0.0931. The highest BCUT2D eigenvalue weighted by Gasteiger charge is 2.26. The Kier molecular flexibility index (Phi) is 4.55. The third kappa shape index (κ3) is 3.14. The summed E-state index contributed by atoms with van der Waals surface area (Å²) in [6.07, 6.45) is 1.76. The second-order valence-corrected chi connectivity index (χ2v) is 7.06. The first kappa shape index (κ1) is 16.9. The number of likely N-dealkylation sites (N-methyl/N-ethyl adjacent to an activating group) is 1. The van der Waals surface area contributed by atoms with Gasteiger partial charge in [-0.3, -0.25) is 9.89 Å². The van der Waals surface area contributed by atoms with Crippen molar-refractivity contribution < 1.29 is 14.3 Å². The molecular weight excluding hydrogens is 332 g/mol. The molecular formula is C19H24N4O3. The molecule has 2 N–H and O–H groups in total. The van der Waals surface area contributed by atoms with Gasteiger partial charge in [0.25, 0.3) is 5.91 Å². The summed E-state index contributed by atoms with van der Waals surface area (Å²) in [6, 6.07) is 5.92. The summed E-state index contributed by atoms with van der Waals surface area (Å²) in [5.74, 6) is 1.70. The van der Waals surface area contributed by atoms with Crippen molar-refractivity contribution in [3.05, 3.63) is 40.7 Å². The number of hydrogen-bond acceptors (Lipinski definition) is 5. The average molecular weight is 356 g/mol. The maximum Gasteiger partial charge on any atom is 0.272 e. The van der Waals surface area contributed by atoms with Crippen LogP contribution >= 0.6 is 0 Å². The van der Waals surface area contributed by atoms with Gasteiger partial charge in [0.05, 0.1) is 13.7 Å². The van der Waals surface area contributed by atoms with E-state index < -0.39 is 0 Å². The molecule has 1 aromatic heterocycles. The number of fused-ring (bicyclic) bond motifs is 2. The standard InChI is InChI=1S/C19H24N4O3/c1-23-7-6-15-14(10-23)17(22-21-15)19(24)20-9-12-8-13-4-3-5-16(25-2)18(13)26-11-12/h3-5,12H,6-11H2,1-2H3,(H,20,24)(H,21,22)/t12-/m0/s1. The predicted molar refractivity (Wildman–Crippen MR) is 96.6 cm³/mol. The first-order chi connectivity index (χ1) is 12.7. The molecule has 0 radical (unpaired) electrons. The smallest absolute Gasteiger partial charge is 0.272 e. The number of carbonyl (C=O) groups excluding carboxylic acids is 1. The molecule has 3 heterocycles. The van der Waals surface area contributed by atoms with Gasteiger partial charge in [0.15, 0.2) is 17.2 Å². The van der Waals surface area contributed by atoms with E-state index in [2.05, 4.69) is 27.5 Å². The number of hydrogen-bond donors (Lipinski definition) is 2. The molecule has 2 aliphatic rings. The minimum absolute atomic E-state index is 0.116. The highest BCUT2D eigenvalue weighted by molar-refractivity contribution is 5.94. The molecule has 0 spiro atoms. The molecule has 138 valence electrons. The molecule has 1 atom stereocenters. The molecule has 0 saturated carbocycles. The number of carbonyl (C=O) groups is 1. The number of amides is 1. The van der Waals surface area contributed by atoms with E-state index in [0.717, 1.165) is 54.3 Å². The number of para-hydroxylation sites is 1. The number of H-pyrrole nitrogens is 1. The van der Waals surface area contributed by atoms with Gasteiger partial charge in [0, 0.05) is 43.2 Å². The van der Waals surface area contributed by atoms with Gasteiger partial charge in [-0.25, -0.2) is 0 Å². The molecule has 0 bridgehead atoms. The molecule has 0 fully saturated rings. The van der Waals surface area contributed by atoms with Crippen LogP contribution < -0.4 is 14.8 Å². The second-order valence-electron chi connectivity index (χ2n) is 7.06. The Balaban J connectivity index is 1.39. The minimum atomic E-state index is -0.116. The van der Waals surface area contributed by atoms with Gasteiger partial charge in [-0.2, -0.15) is 5.10 Å². The molecule has 1 amide bonds. The van der Waals surface area contributed by atoms with E-state index >= 15 is 0 Å². The summed E-state index contributed by atoms with van der Waals surface area (Å²) >= 11 is 0. The van der Waals surface area contributed by atoms with Crippen molar-refractivity contribution >= 4 is 5.91 Å². The second kappa shape index (κ2) is 6.99. The zero-order valence-electron chi connectivity index (χ0n) is 15.2. The van der Waals surface area contributed by atoms with E-state index in [1.807, 2.05) is 18.2 Å². The maximum absolute atomic E-state index is 12.6. The van der Waals surface area contributed by atoms with Gasteiger partial charge >= 0.3 is 0 Å². The summed E-state index contributed by atoms with van der Waals surface area (Å²) in [6.45, 7) is 2.87. The summed E-state index contributed by atoms with van der Waals surface area (Å²) in [4.78, 5) is 14.8. The lowest BCUT2D eigenvalue weighted by Crippen LogP contribution is -2.36. The van der Waals surface area contributed by atoms with Crippen molar-refractivity contribution in [2.75, 3.05) is 33.9 Å². The van der Waals surface area contributed by atoms with Crippen molar-refractivity contribution in [2.24, 2.45) is 5.92 Å². The number of nitrogens with zero attached hydrogens (tertiary/aromatic N) is 2. The van der Waals surface area contributed by atoms with Crippen LogP contribution in [0.25, 0.3) is 0 Å². The Morgan fingerprint density at radius 2 is 2.38 bits per heavy atom. The van der Waals surface area contributed by atoms with Crippen LogP contribution in [0.2, 0.25) is 0 Å². The summed E-state index contributed by atoms with van der Waals surface area (Å²) in [7, 11) is 3.70. The number of methoxy groups -OCH3 is 1. The van der Waals surface area contributed by atoms with Crippen molar-refractivity contribution in [1.82, 2.24) is 20.4 Å². The highest BCUT2D eigenvalue weighted by Crippen LogP contribution is 2.35. The fraction of sp³-hybridized carbons (Fsp3) is 0.474. The van der Waals surface area contributed by atoms with Crippen molar-refractivity contribution in [3.63, 3.8) is 0 Å². The number of ether oxygens (including phenoxy) is 2. The average Bonchev–Trinajstić information content (AvgIpc) is 3.08. The molecule has 0 unspecified atom stereocenters. The topological polar surface area (TPSA) is 79.5 Å². The van der Waals surface area contributed by atoms with E-state index in [9.17, 15) is 4.79 Å². The fourth-order valence-corrected chi connectivity index (χ4v) is 3.69. The molecule has 2 aliphatic heterocycles. The Morgan fingerprint density at radius 1 is 1.50 bits per heavy atom. The molecule has 1 aromatic carbocycles. The quantitative estimate of drug-likeness (QED) is 0.865. The van der Waals surface area contributed by atoms with Crippen LogP contribution in [0.15, 0.2) is 18.2 Å².